The quantitative estimate of drug-likeness (QED) is 0.912. The summed E-state index contributed by atoms with van der Waals surface area (Å²) in [5, 5.41) is 16.4. The highest BCUT2D eigenvalue weighted by Crippen LogP contribution is 2.16. The number of urea groups is 1. The molecule has 0 fully saturated rings. The van der Waals surface area contributed by atoms with Gasteiger partial charge in [-0.05, 0) is 30.2 Å². The number of carbonyl (C=O) groups excluding carboxylic acids is 1. The predicted octanol–water partition coefficient (Wildman–Crippen LogP) is 1.93. The fourth-order valence-electron chi connectivity index (χ4n) is 3.08. The van der Waals surface area contributed by atoms with E-state index in [1.54, 1.807) is 14.1 Å². The molecule has 7 heteroatoms. The van der Waals surface area contributed by atoms with Crippen LogP contribution in [0, 0.1) is 11.3 Å². The molecule has 2 heterocycles. The van der Waals surface area contributed by atoms with Crippen LogP contribution in [-0.2, 0) is 26.2 Å². The molecule has 0 bridgehead atoms. The number of carbonyl (C=O) groups is 1. The maximum absolute atomic E-state index is 11.7. The highest BCUT2D eigenvalue weighted by Gasteiger charge is 2.17. The van der Waals surface area contributed by atoms with E-state index in [0.717, 1.165) is 38.3 Å². The van der Waals surface area contributed by atoms with Gasteiger partial charge in [-0.2, -0.15) is 10.4 Å². The third kappa shape index (κ3) is 4.41. The number of nitriles is 1. The molecule has 7 nitrogen and oxygen atoms in total. The zero-order valence-corrected chi connectivity index (χ0v) is 15.3. The Morgan fingerprint density at radius 3 is 2.77 bits per heavy atom. The number of nitrogens with zero attached hydrogens (tertiary/aromatic N) is 5. The van der Waals surface area contributed by atoms with Crippen molar-refractivity contribution in [1.29, 1.82) is 5.26 Å². The van der Waals surface area contributed by atoms with Crippen LogP contribution in [-0.4, -0.2) is 46.3 Å². The molecule has 1 N–H and O–H groups in total. The molecule has 0 radical (unpaired) electrons. The van der Waals surface area contributed by atoms with Crippen LogP contribution in [0.4, 0.5) is 4.79 Å². The second kappa shape index (κ2) is 8.02. The molecule has 136 valence electrons. The molecule has 0 aliphatic carbocycles. The number of fused-ring (bicyclic) bond motifs is 1. The number of benzene rings is 1. The average molecular weight is 352 g/mol. The van der Waals surface area contributed by atoms with Crippen LogP contribution in [0.15, 0.2) is 30.3 Å². The van der Waals surface area contributed by atoms with Crippen LogP contribution in [0.1, 0.15) is 28.9 Å². The standard InChI is InChI=1S/C19H24N6O/c1-23(2)19(26)21-12-17-10-18-14-24(8-3-9-25(18)22-17)13-16-6-4-15(11-20)5-7-16/h4-7,10H,3,8-9,12-14H2,1-2H3,(H,21,26). The number of rotatable bonds is 4. The van der Waals surface area contributed by atoms with Crippen LogP contribution in [0.3, 0.4) is 0 Å². The third-order valence-corrected chi connectivity index (χ3v) is 4.46. The Morgan fingerprint density at radius 2 is 2.08 bits per heavy atom. The number of amides is 2. The van der Waals surface area contributed by atoms with Crippen LogP contribution in [0.2, 0.25) is 0 Å². The van der Waals surface area contributed by atoms with Crippen LogP contribution in [0.25, 0.3) is 0 Å². The van der Waals surface area contributed by atoms with Crippen LogP contribution >= 0.6 is 0 Å². The van der Waals surface area contributed by atoms with E-state index < -0.39 is 0 Å². The molecular formula is C19H24N6O. The van der Waals surface area contributed by atoms with Gasteiger partial charge in [-0.1, -0.05) is 12.1 Å². The van der Waals surface area contributed by atoms with Crippen molar-refractivity contribution in [3.8, 4) is 6.07 Å². The zero-order chi connectivity index (χ0) is 18.5. The molecule has 3 rings (SSSR count). The van der Waals surface area contributed by atoms with E-state index >= 15 is 0 Å². The lowest BCUT2D eigenvalue weighted by molar-refractivity contribution is 0.217. The van der Waals surface area contributed by atoms with E-state index in [1.807, 2.05) is 24.3 Å². The van der Waals surface area contributed by atoms with Crippen molar-refractivity contribution in [2.45, 2.75) is 32.6 Å². The highest BCUT2D eigenvalue weighted by atomic mass is 16.2. The minimum Gasteiger partial charge on any atom is -0.332 e. The summed E-state index contributed by atoms with van der Waals surface area (Å²) < 4.78 is 2.05. The largest absolute Gasteiger partial charge is 0.332 e. The second-order valence-corrected chi connectivity index (χ2v) is 6.78. The summed E-state index contributed by atoms with van der Waals surface area (Å²) in [5.41, 5.74) is 3.95. The van der Waals surface area contributed by atoms with E-state index in [0.29, 0.717) is 12.1 Å². The van der Waals surface area contributed by atoms with Crippen molar-refractivity contribution >= 4 is 6.03 Å². The Morgan fingerprint density at radius 1 is 1.31 bits per heavy atom. The van der Waals surface area contributed by atoms with Crippen molar-refractivity contribution in [3.63, 3.8) is 0 Å². The van der Waals surface area contributed by atoms with Gasteiger partial charge in [-0.25, -0.2) is 4.79 Å². The minimum atomic E-state index is -0.115. The maximum Gasteiger partial charge on any atom is 0.317 e. The summed E-state index contributed by atoms with van der Waals surface area (Å²) >= 11 is 0. The summed E-state index contributed by atoms with van der Waals surface area (Å²) in [4.78, 5) is 15.6. The van der Waals surface area contributed by atoms with E-state index in [4.69, 9.17) is 5.26 Å². The molecule has 1 aromatic heterocycles. The lowest BCUT2D eigenvalue weighted by atomic mass is 10.1. The molecule has 0 atom stereocenters. The number of hydrogen-bond donors (Lipinski definition) is 1. The first-order chi connectivity index (χ1) is 12.5. The van der Waals surface area contributed by atoms with Gasteiger partial charge in [-0.15, -0.1) is 0 Å². The van der Waals surface area contributed by atoms with Gasteiger partial charge in [-0.3, -0.25) is 9.58 Å². The van der Waals surface area contributed by atoms with Gasteiger partial charge in [0.25, 0.3) is 0 Å². The maximum atomic E-state index is 11.7. The first kappa shape index (κ1) is 18.0. The molecule has 0 unspecified atom stereocenters. The van der Waals surface area contributed by atoms with Crippen molar-refractivity contribution in [2.24, 2.45) is 0 Å². The molecule has 1 aliphatic rings. The van der Waals surface area contributed by atoms with Gasteiger partial charge >= 0.3 is 6.03 Å². The molecule has 2 aromatic rings. The number of hydrogen-bond acceptors (Lipinski definition) is 4. The fourth-order valence-corrected chi connectivity index (χ4v) is 3.08. The zero-order valence-electron chi connectivity index (χ0n) is 15.3. The molecular weight excluding hydrogens is 328 g/mol. The van der Waals surface area contributed by atoms with Gasteiger partial charge in [0.2, 0.25) is 0 Å². The third-order valence-electron chi connectivity index (χ3n) is 4.46. The fraction of sp³-hybridized carbons (Fsp3) is 0.421. The monoisotopic (exact) mass is 352 g/mol. The average Bonchev–Trinajstić information content (AvgIpc) is 2.92. The normalized spacial score (nSPS) is 14.2. The topological polar surface area (TPSA) is 77.2 Å². The van der Waals surface area contributed by atoms with Crippen molar-refractivity contribution < 1.29 is 4.79 Å². The Balaban J connectivity index is 1.63. The van der Waals surface area contributed by atoms with E-state index in [1.165, 1.54) is 16.2 Å². The molecule has 0 spiro atoms. The molecule has 1 aliphatic heterocycles. The van der Waals surface area contributed by atoms with E-state index in [-0.39, 0.29) is 6.03 Å². The number of aryl methyl sites for hydroxylation is 1. The van der Waals surface area contributed by atoms with Gasteiger partial charge in [0.15, 0.2) is 0 Å². The number of nitrogens with one attached hydrogen (secondary N) is 1. The number of aromatic nitrogens is 2. The highest BCUT2D eigenvalue weighted by molar-refractivity contribution is 5.73. The first-order valence-corrected chi connectivity index (χ1v) is 8.77. The summed E-state index contributed by atoms with van der Waals surface area (Å²) in [6.45, 7) is 4.02. The molecule has 2 amide bonds. The molecule has 0 saturated carbocycles. The van der Waals surface area contributed by atoms with Gasteiger partial charge in [0.05, 0.1) is 29.6 Å². The van der Waals surface area contributed by atoms with Crippen molar-refractivity contribution in [3.05, 3.63) is 52.8 Å². The summed E-state index contributed by atoms with van der Waals surface area (Å²) in [6.07, 6.45) is 1.04. The van der Waals surface area contributed by atoms with E-state index in [2.05, 4.69) is 32.1 Å². The molecule has 0 saturated heterocycles. The van der Waals surface area contributed by atoms with Gasteiger partial charge in [0, 0.05) is 40.3 Å². The van der Waals surface area contributed by atoms with Crippen molar-refractivity contribution in [2.75, 3.05) is 20.6 Å². The smallest absolute Gasteiger partial charge is 0.317 e. The van der Waals surface area contributed by atoms with Crippen molar-refractivity contribution in [1.82, 2.24) is 24.9 Å². The Labute approximate surface area is 153 Å². The lowest BCUT2D eigenvalue weighted by Crippen LogP contribution is -2.34. The summed E-state index contributed by atoms with van der Waals surface area (Å²) in [5.74, 6) is 0. The minimum absolute atomic E-state index is 0.115. The van der Waals surface area contributed by atoms with Gasteiger partial charge in [0.1, 0.15) is 0 Å². The first-order valence-electron chi connectivity index (χ1n) is 8.77. The summed E-state index contributed by atoms with van der Waals surface area (Å²) in [7, 11) is 3.44. The van der Waals surface area contributed by atoms with Crippen LogP contribution < -0.4 is 5.32 Å². The van der Waals surface area contributed by atoms with E-state index in [9.17, 15) is 4.79 Å². The molecule has 26 heavy (non-hydrogen) atoms. The Kier molecular flexibility index (Phi) is 5.54. The Bertz CT molecular complexity index is 802. The lowest BCUT2D eigenvalue weighted by Gasteiger charge is -2.19. The summed E-state index contributed by atoms with van der Waals surface area (Å²) in [6, 6.07) is 11.9. The van der Waals surface area contributed by atoms with Gasteiger partial charge < -0.3 is 10.2 Å². The van der Waals surface area contributed by atoms with Crippen LogP contribution in [0.5, 0.6) is 0 Å². The molecule has 1 aromatic carbocycles. The Hall–Kier alpha value is -2.85. The SMILES string of the molecule is CN(C)C(=O)NCc1cc2n(n1)CCCN(Cc1ccc(C#N)cc1)C2. The second-order valence-electron chi connectivity index (χ2n) is 6.78. The predicted molar refractivity (Wildman–Crippen MR) is 98.0 cm³/mol.